The highest BCUT2D eigenvalue weighted by molar-refractivity contribution is 6.36. The molecule has 2 aromatic heterocycles. The van der Waals surface area contributed by atoms with E-state index in [4.69, 9.17) is 26.1 Å². The number of methoxy groups -OCH3 is 1. The molecular formula is C33H31ClN6O5. The standard InChI is InChI=1S/C33H31ClN6O5/c1-18-20(6-5-9-24(18)36-29(41)23-12-13-35-39(2)31(23)42)21-7-4-8-22(28(21)34)25-14-19-10-11-26(27(19)30(37-25)44-3)40-15-33(16-40)17-45-32(43)38-33/h4-9,12-14,26H,10-11,15-17H2,1-3H3,(H,36,41)(H,38,43)/t26-/m0/s1. The molecule has 2 amide bonds. The zero-order valence-electron chi connectivity index (χ0n) is 25.0. The van der Waals surface area contributed by atoms with Gasteiger partial charge in [0.1, 0.15) is 17.7 Å². The zero-order chi connectivity index (χ0) is 31.5. The average Bonchev–Trinajstić information content (AvgIpc) is 3.62. The van der Waals surface area contributed by atoms with Gasteiger partial charge in [-0.05, 0) is 54.7 Å². The van der Waals surface area contributed by atoms with Crippen molar-refractivity contribution in [3.8, 4) is 28.3 Å². The number of hydrogen-bond donors (Lipinski definition) is 2. The maximum absolute atomic E-state index is 13.0. The predicted molar refractivity (Wildman–Crippen MR) is 169 cm³/mol. The second-order valence-electron chi connectivity index (χ2n) is 11.8. The molecule has 2 aromatic carbocycles. The Morgan fingerprint density at radius 2 is 1.89 bits per heavy atom. The number of fused-ring (bicyclic) bond motifs is 1. The number of benzene rings is 2. The van der Waals surface area contributed by atoms with Gasteiger partial charge in [0.25, 0.3) is 11.5 Å². The molecule has 11 nitrogen and oxygen atoms in total. The van der Waals surface area contributed by atoms with E-state index < -0.39 is 11.5 Å². The van der Waals surface area contributed by atoms with Gasteiger partial charge < -0.3 is 20.1 Å². The number of anilines is 1. The van der Waals surface area contributed by atoms with E-state index >= 15 is 0 Å². The summed E-state index contributed by atoms with van der Waals surface area (Å²) < 4.78 is 12.1. The molecule has 4 heterocycles. The summed E-state index contributed by atoms with van der Waals surface area (Å²) in [6, 6.07) is 15.0. The van der Waals surface area contributed by atoms with Gasteiger partial charge >= 0.3 is 6.09 Å². The Morgan fingerprint density at radius 3 is 2.64 bits per heavy atom. The number of rotatable bonds is 6. The molecule has 12 heteroatoms. The molecule has 3 aliphatic rings. The Kier molecular flexibility index (Phi) is 7.09. The smallest absolute Gasteiger partial charge is 0.407 e. The van der Waals surface area contributed by atoms with E-state index in [0.717, 1.165) is 58.4 Å². The summed E-state index contributed by atoms with van der Waals surface area (Å²) in [6.45, 7) is 3.74. The molecule has 7 rings (SSSR count). The lowest BCUT2D eigenvalue weighted by molar-refractivity contribution is 0.00938. The number of carbonyl (C=O) groups excluding carboxylic acids is 2. The zero-order valence-corrected chi connectivity index (χ0v) is 25.8. The van der Waals surface area contributed by atoms with Gasteiger partial charge in [0.05, 0.1) is 17.8 Å². The molecular weight excluding hydrogens is 596 g/mol. The van der Waals surface area contributed by atoms with Crippen LogP contribution in [0.2, 0.25) is 5.02 Å². The summed E-state index contributed by atoms with van der Waals surface area (Å²) in [5, 5.41) is 10.2. The van der Waals surface area contributed by atoms with Gasteiger partial charge in [-0.1, -0.05) is 41.9 Å². The first-order valence-electron chi connectivity index (χ1n) is 14.7. The van der Waals surface area contributed by atoms with E-state index in [9.17, 15) is 14.4 Å². The van der Waals surface area contributed by atoms with Gasteiger partial charge in [-0.25, -0.2) is 14.5 Å². The van der Waals surface area contributed by atoms with Crippen LogP contribution in [0.25, 0.3) is 22.4 Å². The lowest BCUT2D eigenvalue weighted by Crippen LogP contribution is -2.68. The van der Waals surface area contributed by atoms with Crippen molar-refractivity contribution >= 4 is 29.3 Å². The van der Waals surface area contributed by atoms with E-state index in [2.05, 4.69) is 26.7 Å². The fourth-order valence-corrected chi connectivity index (χ4v) is 7.05. The number of nitrogens with zero attached hydrogens (tertiary/aromatic N) is 4. The predicted octanol–water partition coefficient (Wildman–Crippen LogP) is 4.51. The molecule has 1 aliphatic carbocycles. The van der Waals surface area contributed by atoms with E-state index in [1.807, 2.05) is 37.3 Å². The van der Waals surface area contributed by atoms with Crippen LogP contribution in [0, 0.1) is 6.92 Å². The van der Waals surface area contributed by atoms with Gasteiger partial charge in [-0.15, -0.1) is 0 Å². The number of aryl methyl sites for hydroxylation is 2. The van der Waals surface area contributed by atoms with Crippen molar-refractivity contribution in [2.45, 2.75) is 31.3 Å². The Morgan fingerprint density at radius 1 is 1.13 bits per heavy atom. The normalized spacial score (nSPS) is 18.2. The highest BCUT2D eigenvalue weighted by atomic mass is 35.5. The molecule has 45 heavy (non-hydrogen) atoms. The molecule has 4 aromatic rings. The number of amides is 2. The number of cyclic esters (lactones) is 1. The van der Waals surface area contributed by atoms with Crippen molar-refractivity contribution < 1.29 is 19.1 Å². The first-order valence-corrected chi connectivity index (χ1v) is 15.0. The molecule has 0 saturated carbocycles. The summed E-state index contributed by atoms with van der Waals surface area (Å²) >= 11 is 7.11. The Labute approximate surface area is 264 Å². The quantitative estimate of drug-likeness (QED) is 0.320. The molecule has 1 spiro atoms. The number of nitrogens with one attached hydrogen (secondary N) is 2. The Balaban J connectivity index is 1.18. The Hall–Kier alpha value is -4.74. The van der Waals surface area contributed by atoms with Crippen LogP contribution >= 0.6 is 11.6 Å². The second-order valence-corrected chi connectivity index (χ2v) is 12.2. The lowest BCUT2D eigenvalue weighted by Gasteiger charge is -2.49. The lowest BCUT2D eigenvalue weighted by atomic mass is 9.88. The van der Waals surface area contributed by atoms with E-state index in [1.54, 1.807) is 13.2 Å². The molecule has 0 radical (unpaired) electrons. The minimum Gasteiger partial charge on any atom is -0.481 e. The number of aromatic nitrogens is 3. The van der Waals surface area contributed by atoms with Gasteiger partial charge in [0.2, 0.25) is 5.88 Å². The average molecular weight is 627 g/mol. The molecule has 2 fully saturated rings. The monoisotopic (exact) mass is 626 g/mol. The van der Waals surface area contributed by atoms with Crippen molar-refractivity contribution in [1.82, 2.24) is 25.0 Å². The second kappa shape index (κ2) is 11.0. The molecule has 230 valence electrons. The van der Waals surface area contributed by atoms with E-state index in [0.29, 0.717) is 28.9 Å². The number of likely N-dealkylation sites (tertiary alicyclic amines) is 1. The van der Waals surface area contributed by atoms with Crippen molar-refractivity contribution in [3.05, 3.63) is 92.4 Å². The number of halogens is 1. The summed E-state index contributed by atoms with van der Waals surface area (Å²) in [5.41, 5.74) is 5.94. The van der Waals surface area contributed by atoms with Crippen molar-refractivity contribution in [3.63, 3.8) is 0 Å². The van der Waals surface area contributed by atoms with Gasteiger partial charge in [-0.3, -0.25) is 14.5 Å². The van der Waals surface area contributed by atoms with Crippen LogP contribution in [0.5, 0.6) is 5.88 Å². The minimum atomic E-state index is -0.513. The van der Waals surface area contributed by atoms with Crippen LogP contribution in [0.3, 0.4) is 0 Å². The number of carbonyl (C=O) groups is 2. The summed E-state index contributed by atoms with van der Waals surface area (Å²) in [4.78, 5) is 44.3. The molecule has 2 saturated heterocycles. The number of alkyl carbamates (subject to hydrolysis) is 1. The molecule has 0 bridgehead atoms. The molecule has 2 N–H and O–H groups in total. The topological polar surface area (TPSA) is 128 Å². The highest BCUT2D eigenvalue weighted by Crippen LogP contribution is 2.47. The van der Waals surface area contributed by atoms with Gasteiger partial charge in [-0.2, -0.15) is 5.10 Å². The summed E-state index contributed by atoms with van der Waals surface area (Å²) in [5.74, 6) is 0.0582. The van der Waals surface area contributed by atoms with Gasteiger partial charge in [0, 0.05) is 54.8 Å². The minimum absolute atomic E-state index is 0.00383. The molecule has 2 aliphatic heterocycles. The van der Waals surface area contributed by atoms with Crippen LogP contribution in [0.4, 0.5) is 10.5 Å². The van der Waals surface area contributed by atoms with E-state index in [-0.39, 0.29) is 23.2 Å². The molecule has 1 atom stereocenters. The Bertz CT molecular complexity index is 1940. The SMILES string of the molecule is COc1nc(-c2cccc(-c3cccc(NC(=O)c4ccnn(C)c4=O)c3C)c2Cl)cc2c1[C@@H](N1CC3(COC(=O)N3)C1)CC2. The maximum Gasteiger partial charge on any atom is 0.407 e. The largest absolute Gasteiger partial charge is 0.481 e. The fourth-order valence-electron chi connectivity index (χ4n) is 6.72. The summed E-state index contributed by atoms with van der Waals surface area (Å²) in [7, 11) is 3.13. The third-order valence-electron chi connectivity index (χ3n) is 9.02. The van der Waals surface area contributed by atoms with E-state index in [1.165, 1.54) is 24.9 Å². The molecule has 0 unspecified atom stereocenters. The first kappa shape index (κ1) is 29.0. The van der Waals surface area contributed by atoms with Crippen LogP contribution in [-0.2, 0) is 18.2 Å². The number of pyridine rings is 1. The van der Waals surface area contributed by atoms with Crippen molar-refractivity contribution in [2.75, 3.05) is 32.1 Å². The van der Waals surface area contributed by atoms with Crippen LogP contribution in [0.1, 0.15) is 39.5 Å². The van der Waals surface area contributed by atoms with Crippen molar-refractivity contribution in [1.29, 1.82) is 0 Å². The maximum atomic E-state index is 13.0. The van der Waals surface area contributed by atoms with Crippen molar-refractivity contribution in [2.24, 2.45) is 7.05 Å². The van der Waals surface area contributed by atoms with Crippen LogP contribution < -0.4 is 20.9 Å². The third-order valence-corrected chi connectivity index (χ3v) is 9.43. The number of ether oxygens (including phenoxy) is 2. The summed E-state index contributed by atoms with van der Waals surface area (Å²) in [6.07, 6.45) is 2.86. The number of hydrogen-bond acceptors (Lipinski definition) is 8. The first-order chi connectivity index (χ1) is 21.7. The fraction of sp³-hybridized carbons (Fsp3) is 0.303. The highest BCUT2D eigenvalue weighted by Gasteiger charge is 2.52. The van der Waals surface area contributed by atoms with Gasteiger partial charge in [0.15, 0.2) is 0 Å². The van der Waals surface area contributed by atoms with Crippen LogP contribution in [-0.4, -0.2) is 64.0 Å². The third kappa shape index (κ3) is 4.92. The van der Waals surface area contributed by atoms with Crippen LogP contribution in [0.15, 0.2) is 59.5 Å².